The molecule has 9 heteroatoms. The summed E-state index contributed by atoms with van der Waals surface area (Å²) < 4.78 is 66.3. The first kappa shape index (κ1) is 17.1. The van der Waals surface area contributed by atoms with Crippen LogP contribution in [-0.2, 0) is 10.0 Å². The summed E-state index contributed by atoms with van der Waals surface area (Å²) in [7, 11) is -4.36. The first-order chi connectivity index (χ1) is 11.2. The molecule has 0 aliphatic carbocycles. The zero-order chi connectivity index (χ0) is 17.5. The molecule has 5 nitrogen and oxygen atoms in total. The molecule has 1 aliphatic heterocycles. The van der Waals surface area contributed by atoms with Crippen LogP contribution in [0.2, 0.25) is 0 Å². The number of hydrogen-bond donors (Lipinski definition) is 1. The van der Waals surface area contributed by atoms with Gasteiger partial charge in [-0.05, 0) is 37.1 Å². The van der Waals surface area contributed by atoms with E-state index in [4.69, 9.17) is 5.73 Å². The van der Waals surface area contributed by atoms with Crippen LogP contribution in [0.15, 0.2) is 41.4 Å². The van der Waals surface area contributed by atoms with Crippen LogP contribution in [0.4, 0.5) is 13.2 Å². The molecule has 24 heavy (non-hydrogen) atoms. The van der Waals surface area contributed by atoms with Crippen LogP contribution in [0, 0.1) is 0 Å². The van der Waals surface area contributed by atoms with Gasteiger partial charge in [0.15, 0.2) is 0 Å². The fourth-order valence-corrected chi connectivity index (χ4v) is 4.89. The lowest BCUT2D eigenvalue weighted by Gasteiger charge is -2.38. The van der Waals surface area contributed by atoms with Gasteiger partial charge in [0, 0.05) is 24.2 Å². The zero-order valence-corrected chi connectivity index (χ0v) is 13.4. The summed E-state index contributed by atoms with van der Waals surface area (Å²) in [6.45, 7) is -0.358. The van der Waals surface area contributed by atoms with E-state index < -0.39 is 28.3 Å². The van der Waals surface area contributed by atoms with E-state index in [0.717, 1.165) is 0 Å². The third-order valence-corrected chi connectivity index (χ3v) is 6.08. The normalized spacial score (nSPS) is 23.5. The maximum atomic E-state index is 13.3. The number of benzene rings is 1. The Kier molecular flexibility index (Phi) is 4.27. The van der Waals surface area contributed by atoms with Gasteiger partial charge in [0.25, 0.3) is 0 Å². The number of halogens is 3. The highest BCUT2D eigenvalue weighted by Gasteiger charge is 2.50. The van der Waals surface area contributed by atoms with Gasteiger partial charge in [0.05, 0.1) is 10.4 Å². The van der Waals surface area contributed by atoms with Gasteiger partial charge in [0.1, 0.15) is 6.04 Å². The first-order valence-corrected chi connectivity index (χ1v) is 8.83. The Morgan fingerprint density at radius 3 is 2.62 bits per heavy atom. The smallest absolute Gasteiger partial charge is 0.327 e. The molecule has 2 aromatic rings. The van der Waals surface area contributed by atoms with Crippen LogP contribution in [-0.4, -0.2) is 42.5 Å². The van der Waals surface area contributed by atoms with Gasteiger partial charge in [-0.15, -0.1) is 0 Å². The van der Waals surface area contributed by atoms with E-state index >= 15 is 0 Å². The van der Waals surface area contributed by atoms with Crippen molar-refractivity contribution in [2.75, 3.05) is 6.54 Å². The van der Waals surface area contributed by atoms with Crippen molar-refractivity contribution in [2.24, 2.45) is 5.73 Å². The van der Waals surface area contributed by atoms with E-state index in [9.17, 15) is 21.6 Å². The van der Waals surface area contributed by atoms with Crippen LogP contribution < -0.4 is 5.73 Å². The summed E-state index contributed by atoms with van der Waals surface area (Å²) in [6, 6.07) is 4.77. The van der Waals surface area contributed by atoms with Gasteiger partial charge >= 0.3 is 6.18 Å². The largest absolute Gasteiger partial charge is 0.405 e. The molecule has 0 radical (unpaired) electrons. The number of piperidine rings is 1. The molecule has 2 unspecified atom stereocenters. The number of hydrogen-bond acceptors (Lipinski definition) is 4. The van der Waals surface area contributed by atoms with E-state index in [2.05, 4.69) is 4.98 Å². The number of pyridine rings is 1. The van der Waals surface area contributed by atoms with Crippen molar-refractivity contribution >= 4 is 20.9 Å². The molecule has 2 heterocycles. The van der Waals surface area contributed by atoms with Crippen LogP contribution >= 0.6 is 0 Å². The van der Waals surface area contributed by atoms with Crippen LogP contribution in [0.25, 0.3) is 10.9 Å². The molecule has 2 atom stereocenters. The van der Waals surface area contributed by atoms with Crippen molar-refractivity contribution in [2.45, 2.75) is 36.0 Å². The van der Waals surface area contributed by atoms with Gasteiger partial charge in [-0.3, -0.25) is 4.98 Å². The maximum absolute atomic E-state index is 13.3. The quantitative estimate of drug-likeness (QED) is 0.893. The second-order valence-electron chi connectivity index (χ2n) is 5.80. The van der Waals surface area contributed by atoms with Crippen LogP contribution in [0.3, 0.4) is 0 Å². The van der Waals surface area contributed by atoms with Crippen molar-refractivity contribution in [1.29, 1.82) is 0 Å². The summed E-state index contributed by atoms with van der Waals surface area (Å²) >= 11 is 0. The fourth-order valence-electron chi connectivity index (χ4n) is 2.98. The SMILES string of the molecule is NC1CCC(C(F)(F)F)N(S(=O)(=O)c2cccc3ncccc23)C1. The highest BCUT2D eigenvalue weighted by molar-refractivity contribution is 7.89. The summed E-state index contributed by atoms with van der Waals surface area (Å²) in [5.41, 5.74) is 6.14. The molecular formula is C15H16F3N3O2S. The average molecular weight is 359 g/mol. The summed E-state index contributed by atoms with van der Waals surface area (Å²) in [5.74, 6) is 0. The Balaban J connectivity index is 2.13. The minimum absolute atomic E-state index is 0.132. The van der Waals surface area contributed by atoms with E-state index in [-0.39, 0.29) is 24.3 Å². The first-order valence-electron chi connectivity index (χ1n) is 7.39. The Morgan fingerprint density at radius 2 is 1.92 bits per heavy atom. The van der Waals surface area contributed by atoms with Gasteiger partial charge in [0.2, 0.25) is 10.0 Å². The number of rotatable bonds is 2. The molecule has 0 bridgehead atoms. The van der Waals surface area contributed by atoms with Crippen molar-refractivity contribution < 1.29 is 21.6 Å². The van der Waals surface area contributed by atoms with Gasteiger partial charge in [-0.25, -0.2) is 8.42 Å². The van der Waals surface area contributed by atoms with Crippen molar-refractivity contribution in [1.82, 2.24) is 9.29 Å². The molecule has 1 aromatic heterocycles. The number of nitrogens with two attached hydrogens (primary N) is 1. The molecule has 3 rings (SSSR count). The number of fused-ring (bicyclic) bond motifs is 1. The maximum Gasteiger partial charge on any atom is 0.405 e. The average Bonchev–Trinajstić information content (AvgIpc) is 2.53. The van der Waals surface area contributed by atoms with Crippen molar-refractivity contribution in [3.63, 3.8) is 0 Å². The van der Waals surface area contributed by atoms with Gasteiger partial charge in [-0.1, -0.05) is 6.07 Å². The second kappa shape index (κ2) is 5.98. The molecule has 0 amide bonds. The van der Waals surface area contributed by atoms with Crippen LogP contribution in [0.5, 0.6) is 0 Å². The van der Waals surface area contributed by atoms with Crippen molar-refractivity contribution in [3.05, 3.63) is 36.5 Å². The Labute approximate surface area is 137 Å². The monoisotopic (exact) mass is 359 g/mol. The van der Waals surface area contributed by atoms with Gasteiger partial charge < -0.3 is 5.73 Å². The standard InChI is InChI=1S/C15H16F3N3O2S/c16-15(17,18)14-7-6-10(19)9-21(14)24(22,23)13-5-1-4-12-11(13)3-2-8-20-12/h1-5,8,10,14H,6-7,9,19H2. The highest BCUT2D eigenvalue weighted by atomic mass is 32.2. The third-order valence-electron chi connectivity index (χ3n) is 4.14. The Hall–Kier alpha value is -1.71. The summed E-state index contributed by atoms with van der Waals surface area (Å²) in [6.07, 6.45) is -3.36. The minimum Gasteiger partial charge on any atom is -0.327 e. The minimum atomic E-state index is -4.64. The highest BCUT2D eigenvalue weighted by Crippen LogP contribution is 2.36. The van der Waals surface area contributed by atoms with E-state index in [1.807, 2.05) is 0 Å². The molecule has 1 fully saturated rings. The van der Waals surface area contributed by atoms with E-state index in [1.165, 1.54) is 24.4 Å². The lowest BCUT2D eigenvalue weighted by molar-refractivity contribution is -0.178. The molecule has 1 aliphatic rings. The van der Waals surface area contributed by atoms with Gasteiger partial charge in [-0.2, -0.15) is 17.5 Å². The molecule has 130 valence electrons. The number of sulfonamides is 1. The molecular weight excluding hydrogens is 343 g/mol. The van der Waals surface area contributed by atoms with E-state index in [1.54, 1.807) is 12.1 Å². The van der Waals surface area contributed by atoms with Crippen molar-refractivity contribution in [3.8, 4) is 0 Å². The number of alkyl halides is 3. The summed E-state index contributed by atoms with van der Waals surface area (Å²) in [4.78, 5) is 3.87. The fraction of sp³-hybridized carbons (Fsp3) is 0.400. The summed E-state index contributed by atoms with van der Waals surface area (Å²) in [5, 5.41) is 0.292. The lowest BCUT2D eigenvalue weighted by atomic mass is 10.0. The molecule has 1 saturated heterocycles. The molecule has 0 spiro atoms. The lowest BCUT2D eigenvalue weighted by Crippen LogP contribution is -2.56. The predicted octanol–water partition coefficient (Wildman–Crippen LogP) is 2.28. The number of aromatic nitrogens is 1. The Bertz CT molecular complexity index is 849. The molecule has 2 N–H and O–H groups in total. The topological polar surface area (TPSA) is 76.3 Å². The van der Waals surface area contributed by atoms with E-state index in [0.29, 0.717) is 15.2 Å². The zero-order valence-electron chi connectivity index (χ0n) is 12.6. The third kappa shape index (κ3) is 2.99. The Morgan fingerprint density at radius 1 is 1.17 bits per heavy atom. The second-order valence-corrected chi connectivity index (χ2v) is 7.65. The number of nitrogens with zero attached hydrogens (tertiary/aromatic N) is 2. The predicted molar refractivity (Wildman–Crippen MR) is 82.7 cm³/mol. The molecule has 1 aromatic carbocycles. The molecule has 0 saturated carbocycles. The van der Waals surface area contributed by atoms with Crippen LogP contribution in [0.1, 0.15) is 12.8 Å².